The molecular weight excluding hydrogens is 2420 g/mol. The van der Waals surface area contributed by atoms with E-state index in [2.05, 4.69) is 56.3 Å². The van der Waals surface area contributed by atoms with Crippen LogP contribution in [0.3, 0.4) is 0 Å². The van der Waals surface area contributed by atoms with E-state index in [1.807, 2.05) is 202 Å². The van der Waals surface area contributed by atoms with E-state index in [1.54, 1.807) is 73.6 Å². The molecule has 12 aromatic carbocycles. The Balaban J connectivity index is 0.000000281. The maximum Gasteiger partial charge on any atom is 0.381 e. The number of aliphatic hydroxyl groups is 8. The van der Waals surface area contributed by atoms with Crippen LogP contribution in [0.5, 0.6) is 0 Å². The van der Waals surface area contributed by atoms with Crippen LogP contribution in [0.25, 0.3) is 134 Å². The summed E-state index contributed by atoms with van der Waals surface area (Å²) < 4.78 is 104. The van der Waals surface area contributed by atoms with E-state index in [0.29, 0.717) is 87.6 Å². The number of rotatable bonds is 16. The van der Waals surface area contributed by atoms with Crippen LogP contribution in [0.15, 0.2) is 279 Å². The Morgan fingerprint density at radius 3 is 0.682 bits per heavy atom. The summed E-state index contributed by atoms with van der Waals surface area (Å²) in [6.45, 7) is 17.2. The van der Waals surface area contributed by atoms with Crippen molar-refractivity contribution in [2.75, 3.05) is 0 Å². The number of hydrogen-bond donors (Lipinski definition) is 8. The van der Waals surface area contributed by atoms with Crippen LogP contribution < -0.4 is 0 Å². The molecule has 16 rings (SSSR count). The van der Waals surface area contributed by atoms with E-state index < -0.39 is 23.5 Å². The molecule has 0 saturated heterocycles. The van der Waals surface area contributed by atoms with E-state index in [4.69, 9.17) is 60.8 Å². The number of halogens is 8. The molecule has 0 spiro atoms. The molecule has 132 heavy (non-hydrogen) atoms. The molecule has 0 amide bonds. The van der Waals surface area contributed by atoms with Crippen LogP contribution in [0, 0.1) is 49.7 Å². The van der Waals surface area contributed by atoms with E-state index in [9.17, 15) is 35.1 Å². The zero-order valence-corrected chi connectivity index (χ0v) is 82.5. The minimum atomic E-state index is -4.40. The van der Waals surface area contributed by atoms with Crippen molar-refractivity contribution in [2.45, 2.75) is 156 Å². The average molecular weight is 2520 g/mol. The molecule has 8 unspecified atom stereocenters. The topological polar surface area (TPSA) is 265 Å². The fourth-order valence-electron chi connectivity index (χ4n) is 12.7. The third-order valence-electron chi connectivity index (χ3n) is 18.6. The molecule has 16 aromatic rings. The summed E-state index contributed by atoms with van der Waals surface area (Å²) in [4.78, 5) is 37.8. The third-order valence-corrected chi connectivity index (χ3v) is 18.6. The second kappa shape index (κ2) is 54.9. The van der Waals surface area contributed by atoms with Gasteiger partial charge in [-0.1, -0.05) is 151 Å². The van der Waals surface area contributed by atoms with Crippen molar-refractivity contribution in [1.82, 2.24) is 39.9 Å². The number of fused-ring (bicyclic) bond motifs is 4. The molecular formula is C104H100F8N8O8Pt4-4. The van der Waals surface area contributed by atoms with Gasteiger partial charge in [0.25, 0.3) is 0 Å². The van der Waals surface area contributed by atoms with Crippen molar-refractivity contribution in [2.24, 2.45) is 0 Å². The van der Waals surface area contributed by atoms with Gasteiger partial charge >= 0.3 is 12.4 Å². The number of alkyl halides is 6. The molecule has 0 saturated carbocycles. The van der Waals surface area contributed by atoms with E-state index in [1.165, 1.54) is 36.4 Å². The van der Waals surface area contributed by atoms with E-state index in [0.717, 1.165) is 108 Å². The van der Waals surface area contributed by atoms with Crippen LogP contribution in [0.1, 0.15) is 103 Å². The third kappa shape index (κ3) is 35.7. The minimum absolute atomic E-state index is 0. The first-order valence-corrected chi connectivity index (χ1v) is 41.3. The summed E-state index contributed by atoms with van der Waals surface area (Å²) in [7, 11) is 0. The SMILES string of the molecule is CC(O)CC(C)O.CC(O)CC(C)O.CC(O)CC(C)O.CC(O)CC(C)O.Cc1ccc(-c2nc3ccccc3nc2-c2[c-]cc(C(F)(F)F)cc2)cc1.Cc1ccc(-c2nc3ccccc3nc2-c2[c-]cc(C(F)(F)F)cc2)cc1.Fc1c[c-]c(-c2nc3ccccc3nc2-c2ccc(F)cc2)cc1.[Pt].[Pt].[Pt].[Pt].[c-]1ccccc1-c1nc2ccccc2nc1-c1ccccc1. The van der Waals surface area contributed by atoms with Gasteiger partial charge in [0, 0.05) is 113 Å². The average Bonchev–Trinajstić information content (AvgIpc) is 0.793. The van der Waals surface area contributed by atoms with E-state index in [-0.39, 0.29) is 145 Å². The molecule has 704 valence electrons. The van der Waals surface area contributed by atoms with Crippen molar-refractivity contribution >= 4 is 44.1 Å². The summed E-state index contributed by atoms with van der Waals surface area (Å²) >= 11 is 0. The van der Waals surface area contributed by atoms with Crippen molar-refractivity contribution < 1.29 is 160 Å². The first-order valence-electron chi connectivity index (χ1n) is 41.3. The second-order valence-corrected chi connectivity index (χ2v) is 30.7. The van der Waals surface area contributed by atoms with Crippen LogP contribution in [-0.4, -0.2) is 130 Å². The van der Waals surface area contributed by atoms with Gasteiger partial charge in [0.1, 0.15) is 5.82 Å². The predicted molar refractivity (Wildman–Crippen MR) is 488 cm³/mol. The van der Waals surface area contributed by atoms with Gasteiger partial charge in [0.15, 0.2) is 0 Å². The van der Waals surface area contributed by atoms with Gasteiger partial charge in [-0.2, -0.15) is 26.3 Å². The van der Waals surface area contributed by atoms with Gasteiger partial charge in [-0.15, -0.1) is 125 Å². The van der Waals surface area contributed by atoms with E-state index >= 15 is 0 Å². The fourth-order valence-corrected chi connectivity index (χ4v) is 12.7. The molecule has 0 aliphatic carbocycles. The largest absolute Gasteiger partial charge is 0.393 e. The molecule has 4 aromatic heterocycles. The Labute approximate surface area is 821 Å². The molecule has 0 bridgehead atoms. The summed E-state index contributed by atoms with van der Waals surface area (Å²) in [5.41, 5.74) is 18.0. The Kier molecular flexibility index (Phi) is 46.7. The normalized spacial score (nSPS) is 12.6. The number of aryl methyl sites for hydroxylation is 2. The van der Waals surface area contributed by atoms with Gasteiger partial charge < -0.3 is 40.9 Å². The first kappa shape index (κ1) is 112. The van der Waals surface area contributed by atoms with Crippen LogP contribution in [0.4, 0.5) is 35.1 Å². The number of aliphatic hydroxyl groups excluding tert-OH is 8. The standard InChI is InChI=1S/2C22H14F3N2.C20H11F2N2.C20H13N2.4C5H12O2.4Pt/c2*1-14-6-8-15(9-7-14)20-21(27-19-5-3-2-4-18(19)26-20)16-10-12-17(13-11-16)22(23,24)25;21-15-9-5-13(6-10-15)19-20(14-7-11-16(22)12-8-14)24-18-4-2-1-3-17(18)23-19;1-3-9-15(10-4-1)19-20(16-11-5-2-6-12-16)22-18-14-8-7-13-17(18)21-19;4*1-4(6)3-5(2)7;;;;/h2*2-10,12-13H,1H3;1-7,9-12H;1-11,13-14H;4*4-7H,3H2,1-2H3;;;;/q4*-1;;;;;;;;. The smallest absolute Gasteiger partial charge is 0.381 e. The van der Waals surface area contributed by atoms with Gasteiger partial charge in [-0.25, -0.2) is 4.39 Å². The monoisotopic (exact) mass is 2520 g/mol. The summed E-state index contributed by atoms with van der Waals surface area (Å²) in [6, 6.07) is 92.6. The van der Waals surface area contributed by atoms with Crippen LogP contribution in [-0.2, 0) is 96.6 Å². The molecule has 8 N–H and O–H groups in total. The van der Waals surface area contributed by atoms with Gasteiger partial charge in [-0.3, -0.25) is 44.3 Å². The maximum atomic E-state index is 13.2. The second-order valence-electron chi connectivity index (χ2n) is 30.7. The zero-order chi connectivity index (χ0) is 92.8. The number of aromatic nitrogens is 8. The Morgan fingerprint density at radius 2 is 0.462 bits per heavy atom. The van der Waals surface area contributed by atoms with Crippen LogP contribution in [0.2, 0.25) is 0 Å². The van der Waals surface area contributed by atoms with Gasteiger partial charge in [0.05, 0.1) is 116 Å². The van der Waals surface area contributed by atoms with Crippen molar-refractivity contribution in [3.05, 3.63) is 337 Å². The summed E-state index contributed by atoms with van der Waals surface area (Å²) in [6.07, 6.45) is -9.91. The Morgan fingerprint density at radius 1 is 0.242 bits per heavy atom. The molecule has 8 atom stereocenters. The minimum Gasteiger partial charge on any atom is -0.393 e. The summed E-state index contributed by atoms with van der Waals surface area (Å²) in [5, 5.41) is 68.5. The van der Waals surface area contributed by atoms with Crippen LogP contribution >= 0.6 is 0 Å². The molecule has 0 aliphatic rings. The molecule has 28 heteroatoms. The Bertz CT molecular complexity index is 5700. The molecule has 4 heterocycles. The number of benzene rings is 12. The van der Waals surface area contributed by atoms with Crippen molar-refractivity contribution in [1.29, 1.82) is 0 Å². The quantitative estimate of drug-likeness (QED) is 0.0330. The first-order chi connectivity index (χ1) is 61.0. The molecule has 0 aliphatic heterocycles. The summed E-state index contributed by atoms with van der Waals surface area (Å²) in [5.74, 6) is -0.682. The molecule has 0 radical (unpaired) electrons. The Hall–Kier alpha value is -10.1. The number of para-hydroxylation sites is 8. The zero-order valence-electron chi connectivity index (χ0n) is 73.4. The maximum absolute atomic E-state index is 13.2. The molecule has 0 fully saturated rings. The number of hydrogen-bond acceptors (Lipinski definition) is 16. The van der Waals surface area contributed by atoms with Gasteiger partial charge in [0.2, 0.25) is 0 Å². The van der Waals surface area contributed by atoms with Gasteiger partial charge in [-0.05, 0) is 189 Å². The predicted octanol–water partition coefficient (Wildman–Crippen LogP) is 22.5. The fraction of sp³-hybridized carbons (Fsp3) is 0.231. The number of nitrogens with zero attached hydrogens (tertiary/aromatic N) is 8. The van der Waals surface area contributed by atoms with Crippen molar-refractivity contribution in [3.8, 4) is 90.1 Å². The molecule has 16 nitrogen and oxygen atoms in total. The van der Waals surface area contributed by atoms with Crippen molar-refractivity contribution in [3.63, 3.8) is 0 Å².